The zero-order chi connectivity index (χ0) is 21.4. The van der Waals surface area contributed by atoms with Crippen LogP contribution < -0.4 is 19.5 Å². The van der Waals surface area contributed by atoms with Gasteiger partial charge in [0.2, 0.25) is 0 Å². The van der Waals surface area contributed by atoms with Crippen molar-refractivity contribution >= 4 is 29.3 Å². The van der Waals surface area contributed by atoms with E-state index in [1.54, 1.807) is 30.3 Å². The van der Waals surface area contributed by atoms with E-state index in [1.807, 2.05) is 19.9 Å². The summed E-state index contributed by atoms with van der Waals surface area (Å²) in [6.07, 6.45) is 2.36. The molecule has 2 aromatic carbocycles. The summed E-state index contributed by atoms with van der Waals surface area (Å²) >= 11 is 6.09. The van der Waals surface area contributed by atoms with Crippen molar-refractivity contribution in [2.75, 3.05) is 26.1 Å². The number of nitrogens with one attached hydrogen (secondary N) is 1. The van der Waals surface area contributed by atoms with Gasteiger partial charge in [0.05, 0.1) is 26.5 Å². The van der Waals surface area contributed by atoms with Crippen molar-refractivity contribution in [3.8, 4) is 23.3 Å². The topological polar surface area (TPSA) is 80.6 Å². The maximum absolute atomic E-state index is 12.6. The van der Waals surface area contributed by atoms with Crippen LogP contribution in [0.1, 0.15) is 24.5 Å². The Balaban J connectivity index is 2.29. The molecule has 0 spiro atoms. The maximum Gasteiger partial charge on any atom is 0.266 e. The number of hydrogen-bond donors (Lipinski definition) is 1. The number of aryl methyl sites for hydroxylation is 1. The molecule has 1 amide bonds. The third-order valence-electron chi connectivity index (χ3n) is 4.05. The first-order chi connectivity index (χ1) is 13.9. The number of rotatable bonds is 8. The van der Waals surface area contributed by atoms with Gasteiger partial charge in [-0.15, -0.1) is 0 Å². The largest absolute Gasteiger partial charge is 0.495 e. The van der Waals surface area contributed by atoms with E-state index in [-0.39, 0.29) is 5.57 Å². The number of benzene rings is 2. The summed E-state index contributed by atoms with van der Waals surface area (Å²) in [5.74, 6) is 0.985. The van der Waals surface area contributed by atoms with E-state index in [1.165, 1.54) is 20.3 Å². The highest BCUT2D eigenvalue weighted by molar-refractivity contribution is 6.31. The van der Waals surface area contributed by atoms with Crippen molar-refractivity contribution in [1.82, 2.24) is 0 Å². The molecule has 0 saturated carbocycles. The molecular formula is C22H23ClN2O4. The van der Waals surface area contributed by atoms with Crippen LogP contribution in [-0.2, 0) is 4.79 Å². The van der Waals surface area contributed by atoms with Crippen LogP contribution in [0, 0.1) is 18.3 Å². The lowest BCUT2D eigenvalue weighted by molar-refractivity contribution is -0.112. The molecule has 6 nitrogen and oxygen atoms in total. The monoisotopic (exact) mass is 414 g/mol. The average molecular weight is 415 g/mol. The van der Waals surface area contributed by atoms with Crippen LogP contribution in [0.4, 0.5) is 5.69 Å². The highest BCUT2D eigenvalue weighted by Gasteiger charge is 2.15. The lowest BCUT2D eigenvalue weighted by Crippen LogP contribution is -2.14. The Hall–Kier alpha value is -3.17. The third-order valence-corrected chi connectivity index (χ3v) is 4.46. The van der Waals surface area contributed by atoms with Crippen molar-refractivity contribution in [1.29, 1.82) is 5.26 Å². The Morgan fingerprint density at radius 2 is 1.90 bits per heavy atom. The number of amides is 1. The zero-order valence-corrected chi connectivity index (χ0v) is 17.6. The Morgan fingerprint density at radius 1 is 1.17 bits per heavy atom. The molecule has 2 aromatic rings. The summed E-state index contributed by atoms with van der Waals surface area (Å²) in [5, 5.41) is 12.7. The highest BCUT2D eigenvalue weighted by Crippen LogP contribution is 2.32. The number of anilines is 1. The molecule has 0 atom stereocenters. The lowest BCUT2D eigenvalue weighted by atomic mass is 10.1. The van der Waals surface area contributed by atoms with E-state index in [9.17, 15) is 10.1 Å². The lowest BCUT2D eigenvalue weighted by Gasteiger charge is -2.12. The second kappa shape index (κ2) is 10.4. The third kappa shape index (κ3) is 5.66. The fourth-order valence-electron chi connectivity index (χ4n) is 2.54. The SMILES string of the molecule is CCCOc1ccc(/C=C(\C#N)C(=O)Nc2cc(C)c(Cl)cc2OC)cc1OC. The van der Waals surface area contributed by atoms with E-state index in [4.69, 9.17) is 25.8 Å². The summed E-state index contributed by atoms with van der Waals surface area (Å²) < 4.78 is 16.2. The molecule has 0 aliphatic carbocycles. The van der Waals surface area contributed by atoms with E-state index >= 15 is 0 Å². The normalized spacial score (nSPS) is 10.8. The molecule has 152 valence electrons. The van der Waals surface area contributed by atoms with Gasteiger partial charge in [-0.3, -0.25) is 4.79 Å². The number of hydrogen-bond acceptors (Lipinski definition) is 5. The van der Waals surface area contributed by atoms with Gasteiger partial charge in [0, 0.05) is 11.1 Å². The Kier molecular flexibility index (Phi) is 7.93. The molecule has 0 bridgehead atoms. The number of carbonyl (C=O) groups excluding carboxylic acids is 1. The predicted octanol–water partition coefficient (Wildman–Crippen LogP) is 5.00. The summed E-state index contributed by atoms with van der Waals surface area (Å²) in [6.45, 7) is 4.39. The molecule has 0 aliphatic heterocycles. The molecule has 7 heteroatoms. The van der Waals surface area contributed by atoms with Gasteiger partial charge in [0.15, 0.2) is 11.5 Å². The maximum atomic E-state index is 12.6. The van der Waals surface area contributed by atoms with E-state index in [2.05, 4.69) is 5.32 Å². The van der Waals surface area contributed by atoms with E-state index in [0.717, 1.165) is 12.0 Å². The predicted molar refractivity (Wildman–Crippen MR) is 114 cm³/mol. The summed E-state index contributed by atoms with van der Waals surface area (Å²) in [4.78, 5) is 12.6. The van der Waals surface area contributed by atoms with E-state index in [0.29, 0.717) is 40.1 Å². The molecule has 29 heavy (non-hydrogen) atoms. The number of methoxy groups -OCH3 is 2. The Bertz CT molecular complexity index is 964. The number of halogens is 1. The summed E-state index contributed by atoms with van der Waals surface area (Å²) in [7, 11) is 3.01. The van der Waals surface area contributed by atoms with Gasteiger partial charge in [0.1, 0.15) is 17.4 Å². The van der Waals surface area contributed by atoms with Crippen molar-refractivity contribution in [3.63, 3.8) is 0 Å². The van der Waals surface area contributed by atoms with Crippen LogP contribution in [0.5, 0.6) is 17.2 Å². The molecule has 0 saturated heterocycles. The quantitative estimate of drug-likeness (QED) is 0.485. The minimum Gasteiger partial charge on any atom is -0.495 e. The fourth-order valence-corrected chi connectivity index (χ4v) is 2.69. The summed E-state index contributed by atoms with van der Waals surface area (Å²) in [5.41, 5.74) is 1.78. The zero-order valence-electron chi connectivity index (χ0n) is 16.8. The van der Waals surface area contributed by atoms with Gasteiger partial charge in [-0.1, -0.05) is 24.6 Å². The van der Waals surface area contributed by atoms with Gasteiger partial charge in [-0.05, 0) is 48.7 Å². The van der Waals surface area contributed by atoms with Gasteiger partial charge < -0.3 is 19.5 Å². The first-order valence-corrected chi connectivity index (χ1v) is 9.39. The van der Waals surface area contributed by atoms with Crippen LogP contribution in [0.25, 0.3) is 6.08 Å². The standard InChI is InChI=1S/C22H23ClN2O4/c1-5-8-29-19-7-6-15(11-21(19)28-4)10-16(13-24)22(26)25-18-9-14(2)17(23)12-20(18)27-3/h6-7,9-12H,5,8H2,1-4H3,(H,25,26)/b16-10+. The molecule has 1 N–H and O–H groups in total. The number of nitrogens with zero attached hydrogens (tertiary/aromatic N) is 1. The van der Waals surface area contributed by atoms with Crippen molar-refractivity contribution in [2.45, 2.75) is 20.3 Å². The van der Waals surface area contributed by atoms with Gasteiger partial charge in [0.25, 0.3) is 5.91 Å². The van der Waals surface area contributed by atoms with Gasteiger partial charge in [-0.25, -0.2) is 0 Å². The number of carbonyl (C=O) groups is 1. The van der Waals surface area contributed by atoms with Crippen LogP contribution in [-0.4, -0.2) is 26.7 Å². The second-order valence-electron chi connectivity index (χ2n) is 6.18. The molecule has 0 radical (unpaired) electrons. The smallest absolute Gasteiger partial charge is 0.266 e. The molecule has 0 fully saturated rings. The van der Waals surface area contributed by atoms with Crippen molar-refractivity contribution in [2.24, 2.45) is 0 Å². The minimum atomic E-state index is -0.558. The Labute approximate surface area is 175 Å². The number of ether oxygens (including phenoxy) is 3. The molecule has 0 unspecified atom stereocenters. The molecule has 0 aromatic heterocycles. The fraction of sp³-hybridized carbons (Fsp3) is 0.273. The van der Waals surface area contributed by atoms with Crippen LogP contribution in [0.2, 0.25) is 5.02 Å². The van der Waals surface area contributed by atoms with E-state index < -0.39 is 5.91 Å². The number of nitriles is 1. The average Bonchev–Trinajstić information content (AvgIpc) is 2.72. The first-order valence-electron chi connectivity index (χ1n) is 9.01. The van der Waals surface area contributed by atoms with Crippen LogP contribution in [0.3, 0.4) is 0 Å². The molecular weight excluding hydrogens is 392 g/mol. The summed E-state index contributed by atoms with van der Waals surface area (Å²) in [6, 6.07) is 10.5. The molecule has 2 rings (SSSR count). The highest BCUT2D eigenvalue weighted by atomic mass is 35.5. The Morgan fingerprint density at radius 3 is 2.52 bits per heavy atom. The van der Waals surface area contributed by atoms with Gasteiger partial charge >= 0.3 is 0 Å². The van der Waals surface area contributed by atoms with Crippen molar-refractivity contribution < 1.29 is 19.0 Å². The first kappa shape index (κ1) is 22.1. The van der Waals surface area contributed by atoms with Crippen LogP contribution >= 0.6 is 11.6 Å². The van der Waals surface area contributed by atoms with Gasteiger partial charge in [-0.2, -0.15) is 5.26 Å². The minimum absolute atomic E-state index is 0.0658. The second-order valence-corrected chi connectivity index (χ2v) is 6.59. The van der Waals surface area contributed by atoms with Crippen LogP contribution in [0.15, 0.2) is 35.9 Å². The molecule has 0 heterocycles. The molecule has 0 aliphatic rings. The van der Waals surface area contributed by atoms with Crippen molar-refractivity contribution in [3.05, 3.63) is 52.1 Å².